The maximum absolute atomic E-state index is 12.0. The van der Waals surface area contributed by atoms with Crippen LogP contribution in [0.2, 0.25) is 0 Å². The van der Waals surface area contributed by atoms with Crippen molar-refractivity contribution in [2.24, 2.45) is 5.92 Å². The van der Waals surface area contributed by atoms with Gasteiger partial charge in [-0.1, -0.05) is 18.1 Å². The van der Waals surface area contributed by atoms with Crippen molar-refractivity contribution in [2.45, 2.75) is 6.42 Å². The zero-order valence-corrected chi connectivity index (χ0v) is 11.8. The monoisotopic (exact) mass is 320 g/mol. The molecule has 1 N–H and O–H groups in total. The van der Waals surface area contributed by atoms with Gasteiger partial charge in [-0.3, -0.25) is 9.59 Å². The van der Waals surface area contributed by atoms with Gasteiger partial charge in [0.2, 0.25) is 11.8 Å². The van der Waals surface area contributed by atoms with Gasteiger partial charge in [-0.05, 0) is 28.1 Å². The number of carbonyl (C=O) groups excluding carboxylic acids is 2. The van der Waals surface area contributed by atoms with Crippen molar-refractivity contribution < 1.29 is 9.59 Å². The summed E-state index contributed by atoms with van der Waals surface area (Å²) in [6.45, 7) is 0.580. The minimum Gasteiger partial charge on any atom is -0.345 e. The largest absolute Gasteiger partial charge is 0.345 e. The van der Waals surface area contributed by atoms with Gasteiger partial charge in [0, 0.05) is 17.4 Å². The maximum Gasteiger partial charge on any atom is 0.227 e. The predicted molar refractivity (Wildman–Crippen MR) is 76.4 cm³/mol. The lowest BCUT2D eigenvalue weighted by atomic mass is 10.1. The van der Waals surface area contributed by atoms with Crippen LogP contribution in [0, 0.1) is 18.3 Å². The number of anilines is 1. The van der Waals surface area contributed by atoms with E-state index in [0.717, 1.165) is 10.2 Å². The molecule has 4 nitrogen and oxygen atoms in total. The molecule has 1 aliphatic rings. The molecule has 2 amide bonds. The number of rotatable bonds is 3. The predicted octanol–water partition coefficient (Wildman–Crippen LogP) is 1.55. The summed E-state index contributed by atoms with van der Waals surface area (Å²) in [5, 5.41) is 2.62. The lowest BCUT2D eigenvalue weighted by molar-refractivity contribution is -0.126. The molecular weight excluding hydrogens is 308 g/mol. The average molecular weight is 321 g/mol. The van der Waals surface area contributed by atoms with E-state index < -0.39 is 0 Å². The van der Waals surface area contributed by atoms with Crippen LogP contribution < -0.4 is 10.2 Å². The van der Waals surface area contributed by atoms with E-state index in [1.807, 2.05) is 24.3 Å². The number of para-hydroxylation sites is 1. The fourth-order valence-electron chi connectivity index (χ4n) is 2.07. The van der Waals surface area contributed by atoms with Crippen molar-refractivity contribution >= 4 is 33.4 Å². The summed E-state index contributed by atoms with van der Waals surface area (Å²) in [7, 11) is 0. The van der Waals surface area contributed by atoms with Crippen molar-refractivity contribution in [3.05, 3.63) is 28.7 Å². The van der Waals surface area contributed by atoms with Crippen LogP contribution in [0.25, 0.3) is 0 Å². The van der Waals surface area contributed by atoms with Crippen LogP contribution in [0.15, 0.2) is 28.7 Å². The van der Waals surface area contributed by atoms with Crippen LogP contribution in [0.4, 0.5) is 5.69 Å². The van der Waals surface area contributed by atoms with Gasteiger partial charge in [0.25, 0.3) is 0 Å². The molecule has 19 heavy (non-hydrogen) atoms. The molecule has 0 radical (unpaired) electrons. The minimum absolute atomic E-state index is 0.0484. The molecule has 0 saturated carbocycles. The molecule has 1 fully saturated rings. The molecule has 0 spiro atoms. The summed E-state index contributed by atoms with van der Waals surface area (Å²) < 4.78 is 0.841. The second-order valence-electron chi connectivity index (χ2n) is 4.28. The molecule has 1 aromatic carbocycles. The van der Waals surface area contributed by atoms with Crippen LogP contribution in [-0.4, -0.2) is 24.9 Å². The van der Waals surface area contributed by atoms with Gasteiger partial charge in [-0.2, -0.15) is 0 Å². The van der Waals surface area contributed by atoms with E-state index in [2.05, 4.69) is 27.2 Å². The minimum atomic E-state index is -0.340. The van der Waals surface area contributed by atoms with Gasteiger partial charge < -0.3 is 10.2 Å². The van der Waals surface area contributed by atoms with E-state index >= 15 is 0 Å². The number of hydrogen-bond donors (Lipinski definition) is 1. The topological polar surface area (TPSA) is 49.4 Å². The van der Waals surface area contributed by atoms with E-state index in [0.29, 0.717) is 6.54 Å². The Hall–Kier alpha value is -1.80. The fourth-order valence-corrected chi connectivity index (χ4v) is 2.57. The van der Waals surface area contributed by atoms with Crippen molar-refractivity contribution in [2.75, 3.05) is 18.0 Å². The van der Waals surface area contributed by atoms with Gasteiger partial charge in [0.05, 0.1) is 18.2 Å². The third-order valence-electron chi connectivity index (χ3n) is 3.00. The molecule has 1 atom stereocenters. The van der Waals surface area contributed by atoms with Gasteiger partial charge in [-0.15, -0.1) is 6.42 Å². The molecule has 98 valence electrons. The summed E-state index contributed by atoms with van der Waals surface area (Å²) in [5.41, 5.74) is 0.791. The zero-order chi connectivity index (χ0) is 13.8. The Morgan fingerprint density at radius 1 is 1.53 bits per heavy atom. The Morgan fingerprint density at radius 3 is 2.95 bits per heavy atom. The van der Waals surface area contributed by atoms with Crippen molar-refractivity contribution in [3.63, 3.8) is 0 Å². The molecule has 2 rings (SSSR count). The van der Waals surface area contributed by atoms with Crippen molar-refractivity contribution in [3.8, 4) is 12.3 Å². The van der Waals surface area contributed by atoms with E-state index in [1.165, 1.54) is 0 Å². The van der Waals surface area contributed by atoms with Gasteiger partial charge >= 0.3 is 0 Å². The van der Waals surface area contributed by atoms with E-state index in [1.54, 1.807) is 4.90 Å². The Kier molecular flexibility index (Phi) is 4.23. The number of hydrogen-bond acceptors (Lipinski definition) is 2. The second-order valence-corrected chi connectivity index (χ2v) is 5.13. The molecule has 1 heterocycles. The summed E-state index contributed by atoms with van der Waals surface area (Å²) in [5.74, 6) is 1.79. The molecule has 0 aliphatic carbocycles. The number of nitrogens with one attached hydrogen (secondary N) is 1. The molecule has 0 aromatic heterocycles. The third kappa shape index (κ3) is 2.96. The Balaban J connectivity index is 2.10. The molecular formula is C14H13BrN2O2. The van der Waals surface area contributed by atoms with Crippen LogP contribution in [-0.2, 0) is 9.59 Å². The standard InChI is InChI=1S/C14H13BrN2O2/c1-2-7-16-14(19)10-8-13(18)17(9-10)12-6-4-3-5-11(12)15/h1,3-6,10H,7-9H2,(H,16,19). The average Bonchev–Trinajstić information content (AvgIpc) is 2.78. The van der Waals surface area contributed by atoms with Crippen molar-refractivity contribution in [1.29, 1.82) is 0 Å². The molecule has 1 aromatic rings. The highest BCUT2D eigenvalue weighted by Crippen LogP contribution is 2.31. The van der Waals surface area contributed by atoms with E-state index in [4.69, 9.17) is 6.42 Å². The van der Waals surface area contributed by atoms with Crippen LogP contribution in [0.1, 0.15) is 6.42 Å². The first-order chi connectivity index (χ1) is 9.13. The number of terminal acetylenes is 1. The van der Waals surface area contributed by atoms with Crippen molar-refractivity contribution in [1.82, 2.24) is 5.32 Å². The SMILES string of the molecule is C#CCNC(=O)C1CC(=O)N(c2ccccc2Br)C1. The highest BCUT2D eigenvalue weighted by atomic mass is 79.9. The van der Waals surface area contributed by atoms with Crippen LogP contribution in [0.3, 0.4) is 0 Å². The number of benzene rings is 1. The first kappa shape index (κ1) is 13.6. The summed E-state index contributed by atoms with van der Waals surface area (Å²) in [6.07, 6.45) is 5.31. The number of amides is 2. The van der Waals surface area contributed by atoms with Crippen LogP contribution in [0.5, 0.6) is 0 Å². The maximum atomic E-state index is 12.0. The highest BCUT2D eigenvalue weighted by molar-refractivity contribution is 9.10. The smallest absolute Gasteiger partial charge is 0.227 e. The zero-order valence-electron chi connectivity index (χ0n) is 10.2. The number of nitrogens with zero attached hydrogens (tertiary/aromatic N) is 1. The molecule has 1 saturated heterocycles. The Bertz CT molecular complexity index is 551. The summed E-state index contributed by atoms with van der Waals surface area (Å²) in [4.78, 5) is 25.4. The molecule has 5 heteroatoms. The third-order valence-corrected chi connectivity index (χ3v) is 3.67. The van der Waals surface area contributed by atoms with E-state index in [-0.39, 0.29) is 30.7 Å². The first-order valence-corrected chi connectivity index (χ1v) is 6.69. The van der Waals surface area contributed by atoms with Crippen LogP contribution >= 0.6 is 15.9 Å². The summed E-state index contributed by atoms with van der Waals surface area (Å²) in [6, 6.07) is 7.46. The van der Waals surface area contributed by atoms with E-state index in [9.17, 15) is 9.59 Å². The number of halogens is 1. The Labute approximate surface area is 120 Å². The molecule has 0 bridgehead atoms. The quantitative estimate of drug-likeness (QED) is 0.859. The molecule has 1 unspecified atom stereocenters. The fraction of sp³-hybridized carbons (Fsp3) is 0.286. The first-order valence-electron chi connectivity index (χ1n) is 5.89. The van der Waals surface area contributed by atoms with Gasteiger partial charge in [0.15, 0.2) is 0 Å². The second kappa shape index (κ2) is 5.89. The number of carbonyl (C=O) groups is 2. The summed E-state index contributed by atoms with van der Waals surface area (Å²) >= 11 is 3.41. The lowest BCUT2D eigenvalue weighted by Crippen LogP contribution is -2.33. The van der Waals surface area contributed by atoms with Gasteiger partial charge in [-0.25, -0.2) is 0 Å². The normalized spacial score (nSPS) is 18.2. The highest BCUT2D eigenvalue weighted by Gasteiger charge is 2.35. The molecule has 1 aliphatic heterocycles. The Morgan fingerprint density at radius 2 is 2.26 bits per heavy atom. The van der Waals surface area contributed by atoms with Gasteiger partial charge in [0.1, 0.15) is 0 Å². The lowest BCUT2D eigenvalue weighted by Gasteiger charge is -2.18.